The third kappa shape index (κ3) is 3.54. The number of hydrogen-bond acceptors (Lipinski definition) is 3. The van der Waals surface area contributed by atoms with Gasteiger partial charge in [-0.15, -0.1) is 11.8 Å². The van der Waals surface area contributed by atoms with Crippen LogP contribution in [0.1, 0.15) is 35.2 Å². The van der Waals surface area contributed by atoms with Crippen molar-refractivity contribution in [3.05, 3.63) is 29.3 Å². The summed E-state index contributed by atoms with van der Waals surface area (Å²) < 4.78 is 0. The summed E-state index contributed by atoms with van der Waals surface area (Å²) in [7, 11) is 0. The first-order valence-electron chi connectivity index (χ1n) is 6.70. The van der Waals surface area contributed by atoms with Crippen molar-refractivity contribution >= 4 is 23.6 Å². The van der Waals surface area contributed by atoms with Crippen LogP contribution in [0.3, 0.4) is 0 Å². The van der Waals surface area contributed by atoms with E-state index in [9.17, 15) is 9.59 Å². The van der Waals surface area contributed by atoms with Crippen molar-refractivity contribution in [1.29, 1.82) is 0 Å². The fourth-order valence-electron chi connectivity index (χ4n) is 2.17. The van der Waals surface area contributed by atoms with E-state index in [4.69, 9.17) is 5.11 Å². The highest BCUT2D eigenvalue weighted by molar-refractivity contribution is 7.98. The first-order valence-corrected chi connectivity index (χ1v) is 7.93. The smallest absolute Gasteiger partial charge is 0.305 e. The van der Waals surface area contributed by atoms with Crippen LogP contribution in [0.25, 0.3) is 0 Å². The van der Waals surface area contributed by atoms with Crippen molar-refractivity contribution in [1.82, 2.24) is 4.90 Å². The second kappa shape index (κ2) is 6.31. The molecule has 4 nitrogen and oxygen atoms in total. The van der Waals surface area contributed by atoms with E-state index < -0.39 is 5.97 Å². The molecule has 5 heteroatoms. The van der Waals surface area contributed by atoms with Gasteiger partial charge in [0, 0.05) is 23.0 Å². The molecular weight excluding hydrogens is 274 g/mol. The van der Waals surface area contributed by atoms with Crippen LogP contribution in [-0.2, 0) is 4.79 Å². The van der Waals surface area contributed by atoms with Gasteiger partial charge in [0.05, 0.1) is 6.42 Å². The molecule has 0 aliphatic heterocycles. The molecule has 1 aromatic rings. The molecule has 0 bridgehead atoms. The third-order valence-electron chi connectivity index (χ3n) is 3.49. The summed E-state index contributed by atoms with van der Waals surface area (Å²) in [5.74, 6) is -0.903. The Bertz CT molecular complexity index is 526. The van der Waals surface area contributed by atoms with E-state index in [1.165, 1.54) is 0 Å². The van der Waals surface area contributed by atoms with E-state index in [2.05, 4.69) is 0 Å². The molecule has 0 atom stereocenters. The lowest BCUT2D eigenvalue weighted by atomic mass is 10.1. The average Bonchev–Trinajstić information content (AvgIpc) is 3.23. The van der Waals surface area contributed by atoms with Crippen LogP contribution >= 0.6 is 11.8 Å². The lowest BCUT2D eigenvalue weighted by Crippen LogP contribution is -2.35. The predicted molar refractivity (Wildman–Crippen MR) is 79.3 cm³/mol. The van der Waals surface area contributed by atoms with Crippen molar-refractivity contribution in [3.63, 3.8) is 0 Å². The van der Waals surface area contributed by atoms with Gasteiger partial charge in [0.2, 0.25) is 0 Å². The molecule has 1 aromatic carbocycles. The largest absolute Gasteiger partial charge is 0.481 e. The van der Waals surface area contributed by atoms with E-state index >= 15 is 0 Å². The fraction of sp³-hybridized carbons (Fsp3) is 0.467. The Balaban J connectivity index is 2.20. The zero-order chi connectivity index (χ0) is 14.7. The first-order chi connectivity index (χ1) is 9.52. The van der Waals surface area contributed by atoms with Crippen LogP contribution in [0.15, 0.2) is 23.1 Å². The maximum Gasteiger partial charge on any atom is 0.305 e. The van der Waals surface area contributed by atoms with Gasteiger partial charge in [0.15, 0.2) is 0 Å². The molecule has 1 N–H and O–H groups in total. The van der Waals surface area contributed by atoms with Gasteiger partial charge >= 0.3 is 5.97 Å². The molecule has 0 radical (unpaired) electrons. The number of amides is 1. The molecule has 0 saturated heterocycles. The minimum atomic E-state index is -0.863. The summed E-state index contributed by atoms with van der Waals surface area (Å²) >= 11 is 1.60. The monoisotopic (exact) mass is 293 g/mol. The van der Waals surface area contributed by atoms with Crippen LogP contribution in [0.4, 0.5) is 0 Å². The number of thioether (sulfide) groups is 1. The van der Waals surface area contributed by atoms with Gasteiger partial charge in [-0.1, -0.05) is 6.07 Å². The summed E-state index contributed by atoms with van der Waals surface area (Å²) in [5.41, 5.74) is 1.63. The number of carbonyl (C=O) groups is 2. The van der Waals surface area contributed by atoms with Crippen molar-refractivity contribution < 1.29 is 14.7 Å². The Labute approximate surface area is 123 Å². The topological polar surface area (TPSA) is 57.6 Å². The zero-order valence-electron chi connectivity index (χ0n) is 11.8. The Morgan fingerprint density at radius 1 is 1.40 bits per heavy atom. The number of carbonyl (C=O) groups excluding carboxylic acids is 1. The Kier molecular flexibility index (Phi) is 4.70. The number of nitrogens with zero attached hydrogens (tertiary/aromatic N) is 1. The number of carboxylic acids is 1. The molecule has 1 saturated carbocycles. The number of rotatable bonds is 6. The highest BCUT2D eigenvalue weighted by Crippen LogP contribution is 2.30. The molecule has 1 amide bonds. The fourth-order valence-corrected chi connectivity index (χ4v) is 2.61. The van der Waals surface area contributed by atoms with Gasteiger partial charge in [-0.2, -0.15) is 0 Å². The molecule has 0 heterocycles. The van der Waals surface area contributed by atoms with E-state index in [0.717, 1.165) is 23.3 Å². The van der Waals surface area contributed by atoms with E-state index in [1.807, 2.05) is 31.4 Å². The van der Waals surface area contributed by atoms with Crippen molar-refractivity contribution in [2.45, 2.75) is 37.1 Å². The lowest BCUT2D eigenvalue weighted by Gasteiger charge is -2.23. The van der Waals surface area contributed by atoms with Gasteiger partial charge in [0.1, 0.15) is 0 Å². The van der Waals surface area contributed by atoms with Gasteiger partial charge in [-0.25, -0.2) is 0 Å². The number of aryl methyl sites for hydroxylation is 1. The van der Waals surface area contributed by atoms with Crippen LogP contribution in [0.5, 0.6) is 0 Å². The number of carboxylic acid groups (broad SMARTS) is 1. The van der Waals surface area contributed by atoms with Crippen molar-refractivity contribution in [3.8, 4) is 0 Å². The summed E-state index contributed by atoms with van der Waals surface area (Å²) in [6.07, 6.45) is 3.94. The van der Waals surface area contributed by atoms with Crippen molar-refractivity contribution in [2.24, 2.45) is 0 Å². The van der Waals surface area contributed by atoms with E-state index in [1.54, 1.807) is 16.7 Å². The maximum atomic E-state index is 12.7. The predicted octanol–water partition coefficient (Wildman–Crippen LogP) is 2.80. The standard InChI is InChI=1S/C15H19NO3S/c1-10-3-6-12(20-2)9-13(10)15(19)16(11-4-5-11)8-7-14(17)18/h3,6,9,11H,4-5,7-8H2,1-2H3,(H,17,18). The number of hydrogen-bond donors (Lipinski definition) is 1. The van der Waals surface area contributed by atoms with E-state index in [0.29, 0.717) is 12.1 Å². The highest BCUT2D eigenvalue weighted by atomic mass is 32.2. The maximum absolute atomic E-state index is 12.7. The molecule has 108 valence electrons. The first kappa shape index (κ1) is 14.9. The third-order valence-corrected chi connectivity index (χ3v) is 4.22. The van der Waals surface area contributed by atoms with Crippen LogP contribution in [0, 0.1) is 6.92 Å². The number of benzene rings is 1. The van der Waals surface area contributed by atoms with Crippen LogP contribution in [0.2, 0.25) is 0 Å². The molecule has 20 heavy (non-hydrogen) atoms. The molecule has 1 fully saturated rings. The minimum Gasteiger partial charge on any atom is -0.481 e. The second-order valence-electron chi connectivity index (χ2n) is 5.05. The van der Waals surface area contributed by atoms with Gasteiger partial charge in [-0.05, 0) is 43.7 Å². The number of aliphatic carboxylic acids is 1. The summed E-state index contributed by atoms with van der Waals surface area (Å²) in [6.45, 7) is 2.21. The Hall–Kier alpha value is -1.49. The quantitative estimate of drug-likeness (QED) is 0.819. The Morgan fingerprint density at radius 3 is 2.65 bits per heavy atom. The van der Waals surface area contributed by atoms with Crippen LogP contribution in [-0.4, -0.2) is 40.7 Å². The molecule has 0 spiro atoms. The molecule has 1 aliphatic rings. The summed E-state index contributed by atoms with van der Waals surface area (Å²) in [4.78, 5) is 26.2. The molecule has 0 aromatic heterocycles. The van der Waals surface area contributed by atoms with Gasteiger partial charge < -0.3 is 10.0 Å². The minimum absolute atomic E-state index is 0.00348. The zero-order valence-corrected chi connectivity index (χ0v) is 12.6. The van der Waals surface area contributed by atoms with Gasteiger partial charge in [0.25, 0.3) is 5.91 Å². The van der Waals surface area contributed by atoms with E-state index in [-0.39, 0.29) is 18.4 Å². The highest BCUT2D eigenvalue weighted by Gasteiger charge is 2.33. The SMILES string of the molecule is CSc1ccc(C)c(C(=O)N(CCC(=O)O)C2CC2)c1. The summed E-state index contributed by atoms with van der Waals surface area (Å²) in [5, 5.41) is 8.81. The normalized spacial score (nSPS) is 14.1. The Morgan fingerprint density at radius 2 is 2.10 bits per heavy atom. The van der Waals surface area contributed by atoms with Crippen LogP contribution < -0.4 is 0 Å². The molecule has 2 rings (SSSR count). The molecule has 0 unspecified atom stereocenters. The lowest BCUT2D eigenvalue weighted by molar-refractivity contribution is -0.137. The summed E-state index contributed by atoms with van der Waals surface area (Å²) in [6, 6.07) is 6.06. The molecule has 1 aliphatic carbocycles. The van der Waals surface area contributed by atoms with Gasteiger partial charge in [-0.3, -0.25) is 9.59 Å². The molecular formula is C15H19NO3S. The van der Waals surface area contributed by atoms with Crippen molar-refractivity contribution in [2.75, 3.05) is 12.8 Å². The average molecular weight is 293 g/mol. The second-order valence-corrected chi connectivity index (χ2v) is 5.93.